The standard InChI is InChI=1S/C13H26N2O/c1-13(2,3)14-11-12(16)15-9-7-5-4-6-8-10-15/h14H,4-11H2,1-3H3. The first-order chi connectivity index (χ1) is 7.49. The summed E-state index contributed by atoms with van der Waals surface area (Å²) in [6.07, 6.45) is 6.22. The van der Waals surface area contributed by atoms with Crippen LogP contribution in [0.15, 0.2) is 0 Å². The molecule has 1 saturated heterocycles. The van der Waals surface area contributed by atoms with Crippen LogP contribution in [0.1, 0.15) is 52.9 Å². The number of rotatable bonds is 2. The molecule has 0 spiro atoms. The Morgan fingerprint density at radius 3 is 2.06 bits per heavy atom. The fourth-order valence-corrected chi connectivity index (χ4v) is 1.95. The maximum Gasteiger partial charge on any atom is 0.236 e. The molecule has 3 heteroatoms. The minimum absolute atomic E-state index is 0.0262. The number of hydrogen-bond acceptors (Lipinski definition) is 2. The van der Waals surface area contributed by atoms with Crippen LogP contribution in [0.25, 0.3) is 0 Å². The summed E-state index contributed by atoms with van der Waals surface area (Å²) < 4.78 is 0. The fourth-order valence-electron chi connectivity index (χ4n) is 1.95. The van der Waals surface area contributed by atoms with E-state index in [1.807, 2.05) is 4.90 Å². The van der Waals surface area contributed by atoms with Crippen molar-refractivity contribution in [2.45, 2.75) is 58.4 Å². The number of amides is 1. The average molecular weight is 226 g/mol. The summed E-state index contributed by atoms with van der Waals surface area (Å²) in [4.78, 5) is 14.0. The van der Waals surface area contributed by atoms with Gasteiger partial charge in [-0.1, -0.05) is 19.3 Å². The van der Waals surface area contributed by atoms with Gasteiger partial charge < -0.3 is 10.2 Å². The van der Waals surface area contributed by atoms with Crippen molar-refractivity contribution in [3.63, 3.8) is 0 Å². The van der Waals surface area contributed by atoms with Crippen molar-refractivity contribution in [3.8, 4) is 0 Å². The third-order valence-electron chi connectivity index (χ3n) is 2.98. The Hall–Kier alpha value is -0.570. The van der Waals surface area contributed by atoms with Gasteiger partial charge in [-0.25, -0.2) is 0 Å². The molecule has 0 unspecified atom stereocenters. The Morgan fingerprint density at radius 2 is 1.56 bits per heavy atom. The van der Waals surface area contributed by atoms with Gasteiger partial charge in [-0.3, -0.25) is 4.79 Å². The summed E-state index contributed by atoms with van der Waals surface area (Å²) in [5.41, 5.74) is 0.0262. The van der Waals surface area contributed by atoms with E-state index in [0.29, 0.717) is 6.54 Å². The molecule has 0 aromatic rings. The maximum absolute atomic E-state index is 12.0. The lowest BCUT2D eigenvalue weighted by Crippen LogP contribution is -2.45. The number of nitrogens with one attached hydrogen (secondary N) is 1. The molecule has 1 rings (SSSR count). The van der Waals surface area contributed by atoms with E-state index in [1.54, 1.807) is 0 Å². The predicted octanol–water partition coefficient (Wildman–Crippen LogP) is 2.17. The molecule has 94 valence electrons. The van der Waals surface area contributed by atoms with E-state index in [9.17, 15) is 4.79 Å². The van der Waals surface area contributed by atoms with Crippen LogP contribution in [0.3, 0.4) is 0 Å². The van der Waals surface area contributed by atoms with Crippen LogP contribution in [0.5, 0.6) is 0 Å². The quantitative estimate of drug-likeness (QED) is 0.782. The van der Waals surface area contributed by atoms with Gasteiger partial charge >= 0.3 is 0 Å². The van der Waals surface area contributed by atoms with Gasteiger partial charge in [0, 0.05) is 18.6 Å². The van der Waals surface area contributed by atoms with E-state index in [-0.39, 0.29) is 11.4 Å². The minimum Gasteiger partial charge on any atom is -0.342 e. The molecule has 0 atom stereocenters. The summed E-state index contributed by atoms with van der Waals surface area (Å²) in [6, 6.07) is 0. The number of likely N-dealkylation sites (tertiary alicyclic amines) is 1. The topological polar surface area (TPSA) is 32.3 Å². The number of carbonyl (C=O) groups is 1. The van der Waals surface area contributed by atoms with Crippen LogP contribution in [-0.2, 0) is 4.79 Å². The summed E-state index contributed by atoms with van der Waals surface area (Å²) >= 11 is 0. The normalized spacial score (nSPS) is 19.1. The van der Waals surface area contributed by atoms with Crippen molar-refractivity contribution < 1.29 is 4.79 Å². The monoisotopic (exact) mass is 226 g/mol. The summed E-state index contributed by atoms with van der Waals surface area (Å²) in [5.74, 6) is 0.261. The first-order valence-electron chi connectivity index (χ1n) is 6.52. The lowest BCUT2D eigenvalue weighted by molar-refractivity contribution is -0.130. The van der Waals surface area contributed by atoms with Crippen molar-refractivity contribution >= 4 is 5.91 Å². The second-order valence-electron chi connectivity index (χ2n) is 5.75. The van der Waals surface area contributed by atoms with Gasteiger partial charge in [0.15, 0.2) is 0 Å². The maximum atomic E-state index is 12.0. The van der Waals surface area contributed by atoms with E-state index in [4.69, 9.17) is 0 Å². The Bertz CT molecular complexity index is 212. The van der Waals surface area contributed by atoms with Crippen LogP contribution in [0.4, 0.5) is 0 Å². The molecule has 0 aliphatic carbocycles. The second kappa shape index (κ2) is 6.24. The average Bonchev–Trinajstić information content (AvgIpc) is 2.12. The van der Waals surface area contributed by atoms with Crippen molar-refractivity contribution in [1.82, 2.24) is 10.2 Å². The van der Waals surface area contributed by atoms with E-state index >= 15 is 0 Å². The zero-order valence-corrected chi connectivity index (χ0v) is 11.0. The first kappa shape index (κ1) is 13.5. The Morgan fingerprint density at radius 1 is 1.06 bits per heavy atom. The van der Waals surface area contributed by atoms with Crippen molar-refractivity contribution in [2.75, 3.05) is 19.6 Å². The van der Waals surface area contributed by atoms with Crippen LogP contribution in [-0.4, -0.2) is 36.0 Å². The molecule has 0 bridgehead atoms. The first-order valence-corrected chi connectivity index (χ1v) is 6.52. The van der Waals surface area contributed by atoms with Gasteiger partial charge in [-0.2, -0.15) is 0 Å². The molecule has 0 radical (unpaired) electrons. The lowest BCUT2D eigenvalue weighted by atomic mass is 10.1. The number of nitrogens with zero attached hydrogens (tertiary/aromatic N) is 1. The molecule has 16 heavy (non-hydrogen) atoms. The molecule has 1 aliphatic heterocycles. The van der Waals surface area contributed by atoms with E-state index < -0.39 is 0 Å². The van der Waals surface area contributed by atoms with Crippen LogP contribution in [0, 0.1) is 0 Å². The predicted molar refractivity (Wildman–Crippen MR) is 67.4 cm³/mol. The molecule has 1 N–H and O–H groups in total. The molecule has 0 aromatic carbocycles. The summed E-state index contributed by atoms with van der Waals surface area (Å²) in [7, 11) is 0. The van der Waals surface area contributed by atoms with Gasteiger partial charge in [0.05, 0.1) is 6.54 Å². The van der Waals surface area contributed by atoms with Crippen LogP contribution in [0.2, 0.25) is 0 Å². The van der Waals surface area contributed by atoms with E-state index in [2.05, 4.69) is 26.1 Å². The Kier molecular flexibility index (Phi) is 5.26. The summed E-state index contributed by atoms with van der Waals surface area (Å²) in [5, 5.41) is 3.26. The molecule has 1 amide bonds. The highest BCUT2D eigenvalue weighted by Crippen LogP contribution is 2.10. The third kappa shape index (κ3) is 5.50. The Labute approximate surface area is 99.6 Å². The molecule has 0 aromatic heterocycles. The van der Waals surface area contributed by atoms with Crippen LogP contribution >= 0.6 is 0 Å². The van der Waals surface area contributed by atoms with Crippen molar-refractivity contribution in [2.24, 2.45) is 0 Å². The zero-order chi connectivity index (χ0) is 12.0. The third-order valence-corrected chi connectivity index (χ3v) is 2.98. The second-order valence-corrected chi connectivity index (χ2v) is 5.75. The van der Waals surface area contributed by atoms with Gasteiger partial charge in [0.2, 0.25) is 5.91 Å². The van der Waals surface area contributed by atoms with Gasteiger partial charge in [-0.15, -0.1) is 0 Å². The molecular weight excluding hydrogens is 200 g/mol. The van der Waals surface area contributed by atoms with Crippen LogP contribution < -0.4 is 5.32 Å². The molecule has 1 heterocycles. The smallest absolute Gasteiger partial charge is 0.236 e. The molecule has 3 nitrogen and oxygen atoms in total. The van der Waals surface area contributed by atoms with Crippen molar-refractivity contribution in [1.29, 1.82) is 0 Å². The molecular formula is C13H26N2O. The highest BCUT2D eigenvalue weighted by atomic mass is 16.2. The fraction of sp³-hybridized carbons (Fsp3) is 0.923. The molecule has 1 fully saturated rings. The zero-order valence-electron chi connectivity index (χ0n) is 11.0. The van der Waals surface area contributed by atoms with E-state index in [0.717, 1.165) is 13.1 Å². The lowest BCUT2D eigenvalue weighted by Gasteiger charge is -2.27. The SMILES string of the molecule is CC(C)(C)NCC(=O)N1CCCCCCC1. The number of hydrogen-bond donors (Lipinski definition) is 1. The minimum atomic E-state index is 0.0262. The number of carbonyl (C=O) groups excluding carboxylic acids is 1. The highest BCUT2D eigenvalue weighted by molar-refractivity contribution is 5.78. The summed E-state index contributed by atoms with van der Waals surface area (Å²) in [6.45, 7) is 8.65. The highest BCUT2D eigenvalue weighted by Gasteiger charge is 2.17. The van der Waals surface area contributed by atoms with Crippen molar-refractivity contribution in [3.05, 3.63) is 0 Å². The molecule has 0 saturated carbocycles. The molecule has 1 aliphatic rings. The van der Waals surface area contributed by atoms with Gasteiger partial charge in [0.25, 0.3) is 0 Å². The largest absolute Gasteiger partial charge is 0.342 e. The Balaban J connectivity index is 2.33. The van der Waals surface area contributed by atoms with Gasteiger partial charge in [0.1, 0.15) is 0 Å². The van der Waals surface area contributed by atoms with Gasteiger partial charge in [-0.05, 0) is 33.6 Å². The van der Waals surface area contributed by atoms with E-state index in [1.165, 1.54) is 32.1 Å².